The van der Waals surface area contributed by atoms with E-state index in [9.17, 15) is 4.79 Å². The molecule has 0 bridgehead atoms. The molecule has 1 aliphatic heterocycles. The molecule has 1 aliphatic rings. The van der Waals surface area contributed by atoms with Crippen molar-refractivity contribution in [1.82, 2.24) is 10.3 Å². The van der Waals surface area contributed by atoms with Gasteiger partial charge in [0.2, 0.25) is 5.91 Å². The van der Waals surface area contributed by atoms with Crippen molar-refractivity contribution in [3.8, 4) is 0 Å². The highest BCUT2D eigenvalue weighted by Crippen LogP contribution is 2.21. The summed E-state index contributed by atoms with van der Waals surface area (Å²) in [4.78, 5) is 16.0. The zero-order valence-electron chi connectivity index (χ0n) is 9.03. The number of carbonyl (C=O) groups excluding carboxylic acids is 1. The summed E-state index contributed by atoms with van der Waals surface area (Å²) >= 11 is 3.35. The molecule has 4 nitrogen and oxygen atoms in total. The third kappa shape index (κ3) is 2.41. The first kappa shape index (κ1) is 11.5. The Morgan fingerprint density at radius 3 is 3.00 bits per heavy atom. The molecule has 16 heavy (non-hydrogen) atoms. The largest absolute Gasteiger partial charge is 0.316 e. The average Bonchev–Trinajstić information content (AvgIpc) is 2.18. The summed E-state index contributed by atoms with van der Waals surface area (Å²) in [7, 11) is 0. The number of nitrogens with zero attached hydrogens (tertiary/aromatic N) is 1. The van der Waals surface area contributed by atoms with Crippen molar-refractivity contribution in [2.75, 3.05) is 18.4 Å². The van der Waals surface area contributed by atoms with Gasteiger partial charge >= 0.3 is 0 Å². The van der Waals surface area contributed by atoms with Crippen molar-refractivity contribution in [3.05, 3.63) is 22.8 Å². The summed E-state index contributed by atoms with van der Waals surface area (Å²) in [6.45, 7) is 3.81. The molecule has 0 aliphatic carbocycles. The number of carbonyl (C=O) groups is 1. The molecule has 2 rings (SSSR count). The fourth-order valence-electron chi connectivity index (χ4n) is 1.59. The second-order valence-electron chi connectivity index (χ2n) is 4.03. The third-order valence-corrected chi connectivity index (χ3v) is 3.57. The monoisotopic (exact) mass is 283 g/mol. The van der Waals surface area contributed by atoms with E-state index in [1.54, 1.807) is 6.20 Å². The number of nitrogens with one attached hydrogen (secondary N) is 2. The van der Waals surface area contributed by atoms with Gasteiger partial charge in [0, 0.05) is 12.1 Å². The Kier molecular flexibility index (Phi) is 3.56. The standard InChI is InChI=1S/C11H14BrN3O/c1-7(8-5-13-6-8)11(16)15-10-9(12)3-2-4-14-10/h2-4,7-8,13H,5-6H2,1H3,(H,14,15,16). The number of rotatable bonds is 3. The minimum Gasteiger partial charge on any atom is -0.316 e. The quantitative estimate of drug-likeness (QED) is 0.887. The second-order valence-corrected chi connectivity index (χ2v) is 4.88. The number of aromatic nitrogens is 1. The van der Waals surface area contributed by atoms with Crippen molar-refractivity contribution >= 4 is 27.7 Å². The van der Waals surface area contributed by atoms with Crippen LogP contribution in [0.15, 0.2) is 22.8 Å². The summed E-state index contributed by atoms with van der Waals surface area (Å²) in [5.74, 6) is 1.09. The fraction of sp³-hybridized carbons (Fsp3) is 0.455. The van der Waals surface area contributed by atoms with Crippen molar-refractivity contribution in [3.63, 3.8) is 0 Å². The zero-order valence-corrected chi connectivity index (χ0v) is 10.6. The molecule has 1 fully saturated rings. The van der Waals surface area contributed by atoms with Gasteiger partial charge in [-0.05, 0) is 47.1 Å². The van der Waals surface area contributed by atoms with E-state index in [1.807, 2.05) is 19.1 Å². The maximum atomic E-state index is 11.9. The van der Waals surface area contributed by atoms with Crippen LogP contribution >= 0.6 is 15.9 Å². The first-order valence-electron chi connectivity index (χ1n) is 5.30. The van der Waals surface area contributed by atoms with Crippen molar-refractivity contribution in [2.24, 2.45) is 11.8 Å². The van der Waals surface area contributed by atoms with Gasteiger partial charge in [-0.1, -0.05) is 6.92 Å². The fourth-order valence-corrected chi connectivity index (χ4v) is 1.94. The maximum Gasteiger partial charge on any atom is 0.228 e. The Morgan fingerprint density at radius 1 is 1.69 bits per heavy atom. The summed E-state index contributed by atoms with van der Waals surface area (Å²) in [6, 6.07) is 3.68. The van der Waals surface area contributed by atoms with Crippen molar-refractivity contribution < 1.29 is 4.79 Å². The van der Waals surface area contributed by atoms with Crippen molar-refractivity contribution in [1.29, 1.82) is 0 Å². The molecule has 1 aromatic heterocycles. The molecule has 1 amide bonds. The van der Waals surface area contributed by atoms with E-state index in [2.05, 4.69) is 31.5 Å². The number of hydrogen-bond donors (Lipinski definition) is 2. The predicted molar refractivity (Wildman–Crippen MR) is 66.1 cm³/mol. The molecule has 0 aromatic carbocycles. The van der Waals surface area contributed by atoms with Gasteiger partial charge in [0.05, 0.1) is 4.47 Å². The van der Waals surface area contributed by atoms with E-state index in [-0.39, 0.29) is 11.8 Å². The number of amides is 1. The first-order valence-corrected chi connectivity index (χ1v) is 6.10. The normalized spacial score (nSPS) is 17.6. The molecule has 1 aromatic rings. The number of halogens is 1. The Bertz CT molecular complexity index is 393. The molecule has 0 radical (unpaired) electrons. The molecule has 1 atom stereocenters. The molecule has 1 saturated heterocycles. The van der Waals surface area contributed by atoms with Gasteiger partial charge in [0.25, 0.3) is 0 Å². The van der Waals surface area contributed by atoms with Gasteiger partial charge in [-0.15, -0.1) is 0 Å². The van der Waals surface area contributed by atoms with Crippen LogP contribution in [0.5, 0.6) is 0 Å². The van der Waals surface area contributed by atoms with Gasteiger partial charge in [-0.3, -0.25) is 4.79 Å². The predicted octanol–water partition coefficient (Wildman–Crippen LogP) is 1.64. The van der Waals surface area contributed by atoms with Crippen LogP contribution in [0.4, 0.5) is 5.82 Å². The van der Waals surface area contributed by atoms with E-state index < -0.39 is 0 Å². The van der Waals surface area contributed by atoms with E-state index in [0.29, 0.717) is 11.7 Å². The molecule has 1 unspecified atom stereocenters. The Hall–Kier alpha value is -0.940. The third-order valence-electron chi connectivity index (χ3n) is 2.93. The highest BCUT2D eigenvalue weighted by molar-refractivity contribution is 9.10. The van der Waals surface area contributed by atoms with Gasteiger partial charge in [0.1, 0.15) is 5.82 Å². The molecular weight excluding hydrogens is 270 g/mol. The molecule has 5 heteroatoms. The van der Waals surface area contributed by atoms with Crippen LogP contribution in [0.3, 0.4) is 0 Å². The van der Waals surface area contributed by atoms with Crippen LogP contribution in [0.25, 0.3) is 0 Å². The van der Waals surface area contributed by atoms with Crippen LogP contribution in [-0.2, 0) is 4.79 Å². The van der Waals surface area contributed by atoms with Gasteiger partial charge < -0.3 is 10.6 Å². The molecule has 86 valence electrons. The Morgan fingerprint density at radius 2 is 2.44 bits per heavy atom. The number of pyridine rings is 1. The van der Waals surface area contributed by atoms with Crippen LogP contribution in [0, 0.1) is 11.8 Å². The summed E-state index contributed by atoms with van der Waals surface area (Å²) in [5, 5.41) is 6.00. The highest BCUT2D eigenvalue weighted by Gasteiger charge is 2.28. The van der Waals surface area contributed by atoms with Crippen LogP contribution in [0.1, 0.15) is 6.92 Å². The van der Waals surface area contributed by atoms with E-state index in [1.165, 1.54) is 0 Å². The summed E-state index contributed by atoms with van der Waals surface area (Å²) in [5.41, 5.74) is 0. The lowest BCUT2D eigenvalue weighted by atomic mass is 9.88. The summed E-state index contributed by atoms with van der Waals surface area (Å²) < 4.78 is 0.808. The molecule has 2 N–H and O–H groups in total. The topological polar surface area (TPSA) is 54.0 Å². The smallest absolute Gasteiger partial charge is 0.228 e. The van der Waals surface area contributed by atoms with Crippen LogP contribution < -0.4 is 10.6 Å². The van der Waals surface area contributed by atoms with Crippen molar-refractivity contribution in [2.45, 2.75) is 6.92 Å². The van der Waals surface area contributed by atoms with Gasteiger partial charge in [-0.25, -0.2) is 4.98 Å². The average molecular weight is 284 g/mol. The lowest BCUT2D eigenvalue weighted by molar-refractivity contribution is -0.121. The Balaban J connectivity index is 1.99. The number of hydrogen-bond acceptors (Lipinski definition) is 3. The minimum absolute atomic E-state index is 0.0233. The highest BCUT2D eigenvalue weighted by atomic mass is 79.9. The van der Waals surface area contributed by atoms with Crippen LogP contribution in [-0.4, -0.2) is 24.0 Å². The van der Waals surface area contributed by atoms with Gasteiger partial charge in [0.15, 0.2) is 0 Å². The lowest BCUT2D eigenvalue weighted by Crippen LogP contribution is -2.48. The van der Waals surface area contributed by atoms with Gasteiger partial charge in [-0.2, -0.15) is 0 Å². The maximum absolute atomic E-state index is 11.9. The van der Waals surface area contributed by atoms with E-state index in [0.717, 1.165) is 17.6 Å². The SMILES string of the molecule is CC(C(=O)Nc1ncccc1Br)C1CNC1. The zero-order chi connectivity index (χ0) is 11.5. The molecule has 0 spiro atoms. The Labute approximate surface area is 103 Å². The second kappa shape index (κ2) is 4.93. The number of anilines is 1. The summed E-state index contributed by atoms with van der Waals surface area (Å²) in [6.07, 6.45) is 1.66. The lowest BCUT2D eigenvalue weighted by Gasteiger charge is -2.31. The van der Waals surface area contributed by atoms with E-state index >= 15 is 0 Å². The minimum atomic E-state index is 0.0233. The van der Waals surface area contributed by atoms with E-state index in [4.69, 9.17) is 0 Å². The molecule has 0 saturated carbocycles. The first-order chi connectivity index (χ1) is 7.68. The van der Waals surface area contributed by atoms with Crippen LogP contribution in [0.2, 0.25) is 0 Å². The molecular formula is C11H14BrN3O. The molecule has 2 heterocycles.